The average Bonchev–Trinajstić information content (AvgIpc) is 2.98. The van der Waals surface area contributed by atoms with Gasteiger partial charge in [-0.05, 0) is 75.0 Å². The fraction of sp³-hybridized carbons (Fsp3) is 0.348. The van der Waals surface area contributed by atoms with E-state index in [0.29, 0.717) is 31.4 Å². The lowest BCUT2D eigenvalue weighted by Gasteiger charge is -2.42. The highest BCUT2D eigenvalue weighted by molar-refractivity contribution is 7.81. The largest absolute Gasteiger partial charge is 0.301 e. The Labute approximate surface area is 185 Å². The van der Waals surface area contributed by atoms with E-state index < -0.39 is 11.4 Å². The minimum Gasteiger partial charge on any atom is -0.301 e. The molecule has 1 aromatic carbocycles. The van der Waals surface area contributed by atoms with Crippen molar-refractivity contribution >= 4 is 40.3 Å². The molecule has 1 aromatic heterocycles. The Hall–Kier alpha value is -3.36. The van der Waals surface area contributed by atoms with Crippen LogP contribution in [0.15, 0.2) is 30.5 Å². The van der Waals surface area contributed by atoms with Crippen molar-refractivity contribution in [2.24, 2.45) is 0 Å². The fourth-order valence-corrected chi connectivity index (χ4v) is 4.65. The van der Waals surface area contributed by atoms with E-state index in [4.69, 9.17) is 24.1 Å². The zero-order valence-electron chi connectivity index (χ0n) is 17.1. The first-order valence-corrected chi connectivity index (χ1v) is 10.5. The molecule has 2 aliphatic rings. The van der Waals surface area contributed by atoms with Gasteiger partial charge in [-0.15, -0.1) is 0 Å². The molecule has 6 nitrogen and oxygen atoms in total. The maximum Gasteiger partial charge on any atom is 0.259 e. The number of aryl methyl sites for hydroxylation is 1. The molecule has 8 heteroatoms. The molecular weight excluding hydrogens is 413 g/mol. The Morgan fingerprint density at radius 3 is 2.71 bits per heavy atom. The van der Waals surface area contributed by atoms with Crippen LogP contribution in [0.3, 0.4) is 0 Å². The summed E-state index contributed by atoms with van der Waals surface area (Å²) in [5, 5.41) is 8.91. The van der Waals surface area contributed by atoms with Gasteiger partial charge in [-0.3, -0.25) is 14.7 Å². The van der Waals surface area contributed by atoms with Crippen molar-refractivity contribution in [3.8, 4) is 6.07 Å². The van der Waals surface area contributed by atoms with Crippen molar-refractivity contribution in [1.82, 2.24) is 4.98 Å². The number of anilines is 2. The lowest BCUT2D eigenvalue weighted by Crippen LogP contribution is -2.55. The lowest BCUT2D eigenvalue weighted by molar-refractivity contribution is -0.123. The monoisotopic (exact) mass is 433 g/mol. The van der Waals surface area contributed by atoms with Gasteiger partial charge < -0.3 is 4.90 Å². The quantitative estimate of drug-likeness (QED) is 0.378. The molecule has 1 spiro atoms. The van der Waals surface area contributed by atoms with E-state index in [1.54, 1.807) is 11.1 Å². The fourth-order valence-electron chi connectivity index (χ4n) is 4.19. The van der Waals surface area contributed by atoms with Gasteiger partial charge in [0.05, 0.1) is 30.2 Å². The van der Waals surface area contributed by atoms with Gasteiger partial charge in [0.25, 0.3) is 5.91 Å². The molecule has 1 aliphatic carbocycles. The minimum atomic E-state index is -0.820. The van der Waals surface area contributed by atoms with Crippen molar-refractivity contribution < 1.29 is 9.18 Å². The van der Waals surface area contributed by atoms with E-state index in [-0.39, 0.29) is 28.0 Å². The van der Waals surface area contributed by atoms with Crippen LogP contribution in [0.4, 0.5) is 21.5 Å². The third-order valence-electron chi connectivity index (χ3n) is 6.08. The molecule has 1 saturated carbocycles. The second-order valence-electron chi connectivity index (χ2n) is 7.82. The Kier molecular flexibility index (Phi) is 5.43. The van der Waals surface area contributed by atoms with Gasteiger partial charge in [-0.2, -0.15) is 5.26 Å². The van der Waals surface area contributed by atoms with E-state index in [1.165, 1.54) is 24.0 Å². The third-order valence-corrected chi connectivity index (χ3v) is 6.45. The van der Waals surface area contributed by atoms with Crippen LogP contribution in [0.25, 0.3) is 4.85 Å². The normalized spacial score (nSPS) is 16.9. The number of halogens is 1. The summed E-state index contributed by atoms with van der Waals surface area (Å²) >= 11 is 5.67. The summed E-state index contributed by atoms with van der Waals surface area (Å²) in [5.74, 6) is -0.845. The first-order valence-electron chi connectivity index (χ1n) is 10.1. The van der Waals surface area contributed by atoms with Crippen LogP contribution in [-0.2, 0) is 11.2 Å². The molecule has 0 unspecified atom stereocenters. The van der Waals surface area contributed by atoms with Crippen LogP contribution in [0.1, 0.15) is 43.4 Å². The molecule has 1 amide bonds. The second kappa shape index (κ2) is 8.05. The topological polar surface area (TPSA) is 64.6 Å². The molecule has 1 aliphatic heterocycles. The van der Waals surface area contributed by atoms with Crippen LogP contribution >= 0.6 is 12.2 Å². The average molecular weight is 434 g/mol. The van der Waals surface area contributed by atoms with Gasteiger partial charge in [0, 0.05) is 12.1 Å². The zero-order chi connectivity index (χ0) is 22.2. The number of hydrogen-bond donors (Lipinski definition) is 0. The van der Waals surface area contributed by atoms with Gasteiger partial charge >= 0.3 is 0 Å². The van der Waals surface area contributed by atoms with E-state index in [9.17, 15) is 4.79 Å². The molecule has 0 atom stereocenters. The highest BCUT2D eigenvalue weighted by atomic mass is 32.1. The van der Waals surface area contributed by atoms with Gasteiger partial charge in [-0.1, -0.05) is 6.07 Å². The summed E-state index contributed by atoms with van der Waals surface area (Å²) in [7, 11) is 0. The molecule has 0 N–H and O–H groups in total. The maximum atomic E-state index is 15.1. The first kappa shape index (κ1) is 20.9. The molecule has 2 aromatic rings. The predicted octanol–water partition coefficient (Wildman–Crippen LogP) is 4.99. The molecule has 1 saturated heterocycles. The number of nitriles is 1. The smallest absolute Gasteiger partial charge is 0.259 e. The van der Waals surface area contributed by atoms with Crippen molar-refractivity contribution in [3.63, 3.8) is 0 Å². The number of carbonyl (C=O) groups excluding carboxylic acids is 1. The number of benzene rings is 1. The van der Waals surface area contributed by atoms with Crippen LogP contribution in [0, 0.1) is 30.6 Å². The number of nitrogens with zero attached hydrogens (tertiary/aromatic N) is 5. The number of pyridine rings is 1. The molecule has 156 valence electrons. The number of rotatable bonds is 5. The van der Waals surface area contributed by atoms with E-state index in [1.807, 2.05) is 12.1 Å². The standard InChI is InChI=1S/C23H20FN5OS/c1-15-18(26-2)9-10-19(20(15)24)28-21(30)23(11-5-12-23)29(22(28)31)17-8-7-16(27-14-17)6-3-4-13-25/h7-10,14H,3-6,11-12H2,1H3. The third kappa shape index (κ3) is 3.24. The minimum absolute atomic E-state index is 0.0785. The molecule has 2 fully saturated rings. The number of unbranched alkanes of at least 4 members (excludes halogenated alkanes) is 1. The molecule has 4 rings (SSSR count). The van der Waals surface area contributed by atoms with Crippen molar-refractivity contribution in [2.75, 3.05) is 9.80 Å². The van der Waals surface area contributed by atoms with Crippen LogP contribution in [0.2, 0.25) is 0 Å². The first-order chi connectivity index (χ1) is 14.9. The predicted molar refractivity (Wildman–Crippen MR) is 119 cm³/mol. The molecule has 0 bridgehead atoms. The molecule has 0 radical (unpaired) electrons. The summed E-state index contributed by atoms with van der Waals surface area (Å²) in [5.41, 5.74) is 1.23. The summed E-state index contributed by atoms with van der Waals surface area (Å²) in [4.78, 5) is 24.4. The molecular formula is C23H20FN5OS. The van der Waals surface area contributed by atoms with Crippen LogP contribution in [0.5, 0.6) is 0 Å². The maximum absolute atomic E-state index is 15.1. The van der Waals surface area contributed by atoms with Crippen molar-refractivity contribution in [3.05, 3.63) is 59.0 Å². The van der Waals surface area contributed by atoms with Gasteiger partial charge in [0.15, 0.2) is 10.8 Å². The Morgan fingerprint density at radius 2 is 2.13 bits per heavy atom. The summed E-state index contributed by atoms with van der Waals surface area (Å²) in [6.45, 7) is 8.71. The van der Waals surface area contributed by atoms with Crippen LogP contribution < -0.4 is 9.80 Å². The van der Waals surface area contributed by atoms with Gasteiger partial charge in [0.1, 0.15) is 11.4 Å². The zero-order valence-corrected chi connectivity index (χ0v) is 17.9. The number of hydrogen-bond acceptors (Lipinski definition) is 4. The summed E-state index contributed by atoms with van der Waals surface area (Å²) in [6.07, 6.45) is 5.75. The van der Waals surface area contributed by atoms with Crippen LogP contribution in [-0.4, -0.2) is 21.5 Å². The number of thiocarbonyl (C=S) groups is 1. The van der Waals surface area contributed by atoms with E-state index in [0.717, 1.165) is 18.5 Å². The van der Waals surface area contributed by atoms with E-state index in [2.05, 4.69) is 15.9 Å². The summed E-state index contributed by atoms with van der Waals surface area (Å²) in [6, 6.07) is 8.85. The lowest BCUT2D eigenvalue weighted by atomic mass is 9.75. The Bertz CT molecular complexity index is 1140. The van der Waals surface area contributed by atoms with Crippen molar-refractivity contribution in [1.29, 1.82) is 5.26 Å². The number of carbonyl (C=O) groups is 1. The van der Waals surface area contributed by atoms with Gasteiger partial charge in [0.2, 0.25) is 0 Å². The molecule has 31 heavy (non-hydrogen) atoms. The van der Waals surface area contributed by atoms with Crippen molar-refractivity contribution in [2.45, 2.75) is 51.0 Å². The number of amides is 1. The second-order valence-corrected chi connectivity index (χ2v) is 8.18. The number of aromatic nitrogens is 1. The Morgan fingerprint density at radius 1 is 1.35 bits per heavy atom. The highest BCUT2D eigenvalue weighted by Crippen LogP contribution is 2.48. The SMILES string of the molecule is [C-]#[N+]c1ccc(N2C(=O)C3(CCC3)N(c3ccc(CCCC#N)nc3)C2=S)c(F)c1C. The van der Waals surface area contributed by atoms with Gasteiger partial charge in [-0.25, -0.2) is 9.24 Å². The Balaban J connectivity index is 1.70. The highest BCUT2D eigenvalue weighted by Gasteiger charge is 2.60. The molecule has 2 heterocycles. The van der Waals surface area contributed by atoms with E-state index >= 15 is 4.39 Å². The summed E-state index contributed by atoms with van der Waals surface area (Å²) < 4.78 is 15.1.